The van der Waals surface area contributed by atoms with Crippen molar-refractivity contribution in [2.45, 2.75) is 57.4 Å². The zero-order chi connectivity index (χ0) is 17.1. The van der Waals surface area contributed by atoms with Gasteiger partial charge in [0.1, 0.15) is 12.2 Å². The Morgan fingerprint density at radius 3 is 2.76 bits per heavy atom. The van der Waals surface area contributed by atoms with E-state index in [0.717, 1.165) is 23.3 Å². The van der Waals surface area contributed by atoms with E-state index in [-0.39, 0.29) is 5.91 Å². The zero-order valence-corrected chi connectivity index (χ0v) is 14.6. The summed E-state index contributed by atoms with van der Waals surface area (Å²) in [6.07, 6.45) is 10.8. The van der Waals surface area contributed by atoms with E-state index in [0.29, 0.717) is 18.9 Å². The van der Waals surface area contributed by atoms with Crippen molar-refractivity contribution >= 4 is 5.91 Å². The van der Waals surface area contributed by atoms with Crippen LogP contribution in [0.1, 0.15) is 50.8 Å². The monoisotopic (exact) mass is 338 g/mol. The minimum absolute atomic E-state index is 0.144. The number of carbonyl (C=O) groups is 1. The summed E-state index contributed by atoms with van der Waals surface area (Å²) in [6.45, 7) is 0. The number of aromatic nitrogens is 3. The normalized spacial score (nSPS) is 23.4. The van der Waals surface area contributed by atoms with Crippen LogP contribution < -0.4 is 5.32 Å². The highest BCUT2D eigenvalue weighted by Gasteiger charge is 2.43. The predicted octanol–water partition coefficient (Wildman–Crippen LogP) is 3.28. The Labute approximate surface area is 148 Å². The quantitative estimate of drug-likeness (QED) is 0.879. The fraction of sp³-hybridized carbons (Fsp3) is 0.550. The largest absolute Gasteiger partial charge is 0.353 e. The fourth-order valence-corrected chi connectivity index (χ4v) is 4.20. The van der Waals surface area contributed by atoms with Crippen molar-refractivity contribution in [3.63, 3.8) is 0 Å². The number of aryl methyl sites for hydroxylation is 1. The summed E-state index contributed by atoms with van der Waals surface area (Å²) in [4.78, 5) is 12.3. The standard InChI is InChI=1S/C20H26N4O/c25-20(22-18-13-17(18)15-7-3-1-4-8-15)12-11-19-23-21-14-24(19)16-9-5-2-6-10-16/h2,5-6,9-10,14-15,17-18H,1,3-4,7-8,11-13H2,(H,22,25)/t17-,18-/m1/s1. The summed E-state index contributed by atoms with van der Waals surface area (Å²) < 4.78 is 1.95. The van der Waals surface area contributed by atoms with Crippen molar-refractivity contribution in [3.05, 3.63) is 42.5 Å². The second-order valence-electron chi connectivity index (χ2n) is 7.42. The van der Waals surface area contributed by atoms with E-state index in [9.17, 15) is 4.79 Å². The molecule has 1 N–H and O–H groups in total. The van der Waals surface area contributed by atoms with Crippen molar-refractivity contribution in [2.75, 3.05) is 0 Å². The molecule has 2 fully saturated rings. The predicted molar refractivity (Wildman–Crippen MR) is 96.3 cm³/mol. The number of benzene rings is 1. The van der Waals surface area contributed by atoms with Crippen LogP contribution in [0.3, 0.4) is 0 Å². The van der Waals surface area contributed by atoms with Crippen molar-refractivity contribution in [1.29, 1.82) is 0 Å². The molecule has 1 aromatic carbocycles. The van der Waals surface area contributed by atoms with Crippen molar-refractivity contribution < 1.29 is 4.79 Å². The molecule has 2 saturated carbocycles. The van der Waals surface area contributed by atoms with Gasteiger partial charge < -0.3 is 5.32 Å². The maximum atomic E-state index is 12.3. The number of amides is 1. The SMILES string of the molecule is O=C(CCc1nncn1-c1ccccc1)N[C@@H]1C[C@@H]1C1CCCCC1. The third-order valence-corrected chi connectivity index (χ3v) is 5.67. The number of carbonyl (C=O) groups excluding carboxylic acids is 1. The van der Waals surface area contributed by atoms with Gasteiger partial charge in [0.25, 0.3) is 0 Å². The number of hydrogen-bond acceptors (Lipinski definition) is 3. The Hall–Kier alpha value is -2.17. The first-order chi connectivity index (χ1) is 12.3. The topological polar surface area (TPSA) is 59.8 Å². The Balaban J connectivity index is 1.27. The first-order valence-corrected chi connectivity index (χ1v) is 9.55. The number of hydrogen-bond donors (Lipinski definition) is 1. The highest BCUT2D eigenvalue weighted by molar-refractivity contribution is 5.76. The summed E-state index contributed by atoms with van der Waals surface area (Å²) in [6, 6.07) is 10.4. The van der Waals surface area contributed by atoms with Gasteiger partial charge in [-0.15, -0.1) is 10.2 Å². The smallest absolute Gasteiger partial charge is 0.220 e. The van der Waals surface area contributed by atoms with Crippen LogP contribution in [-0.2, 0) is 11.2 Å². The second kappa shape index (κ2) is 7.38. The van der Waals surface area contributed by atoms with Crippen molar-refractivity contribution in [2.24, 2.45) is 11.8 Å². The Morgan fingerprint density at radius 2 is 1.96 bits per heavy atom. The van der Waals surface area contributed by atoms with Crippen LogP contribution in [-0.4, -0.2) is 26.7 Å². The van der Waals surface area contributed by atoms with Crippen molar-refractivity contribution in [3.8, 4) is 5.69 Å². The lowest BCUT2D eigenvalue weighted by Crippen LogP contribution is -2.28. The van der Waals surface area contributed by atoms with E-state index in [1.807, 2.05) is 34.9 Å². The minimum Gasteiger partial charge on any atom is -0.353 e. The van der Waals surface area contributed by atoms with Crippen LogP contribution in [0.25, 0.3) is 5.69 Å². The van der Waals surface area contributed by atoms with Gasteiger partial charge in [0, 0.05) is 24.6 Å². The Bertz CT molecular complexity index is 705. The number of nitrogens with zero attached hydrogens (tertiary/aromatic N) is 3. The molecular formula is C20H26N4O. The summed E-state index contributed by atoms with van der Waals surface area (Å²) in [7, 11) is 0. The Morgan fingerprint density at radius 1 is 1.16 bits per heavy atom. The molecule has 132 valence electrons. The average Bonchev–Trinajstić information content (AvgIpc) is 3.26. The van der Waals surface area contributed by atoms with Crippen LogP contribution in [0.15, 0.2) is 36.7 Å². The third-order valence-electron chi connectivity index (χ3n) is 5.67. The molecule has 1 heterocycles. The molecule has 2 aliphatic rings. The maximum absolute atomic E-state index is 12.3. The van der Waals surface area contributed by atoms with Crippen LogP contribution in [0.2, 0.25) is 0 Å². The maximum Gasteiger partial charge on any atom is 0.220 e. The highest BCUT2D eigenvalue weighted by atomic mass is 16.1. The lowest BCUT2D eigenvalue weighted by Gasteiger charge is -2.21. The van der Waals surface area contributed by atoms with Gasteiger partial charge in [0.15, 0.2) is 0 Å². The molecule has 1 amide bonds. The van der Waals surface area contributed by atoms with E-state index in [1.54, 1.807) is 6.33 Å². The minimum atomic E-state index is 0.144. The molecule has 2 aliphatic carbocycles. The van der Waals surface area contributed by atoms with Crippen LogP contribution in [0, 0.1) is 11.8 Å². The van der Waals surface area contributed by atoms with Crippen LogP contribution in [0.5, 0.6) is 0 Å². The van der Waals surface area contributed by atoms with Crippen LogP contribution in [0.4, 0.5) is 0 Å². The molecule has 0 aliphatic heterocycles. The van der Waals surface area contributed by atoms with Gasteiger partial charge in [0.2, 0.25) is 5.91 Å². The van der Waals surface area contributed by atoms with E-state index in [1.165, 1.54) is 38.5 Å². The van der Waals surface area contributed by atoms with Gasteiger partial charge in [0.05, 0.1) is 0 Å². The van der Waals surface area contributed by atoms with E-state index >= 15 is 0 Å². The van der Waals surface area contributed by atoms with Gasteiger partial charge in [-0.25, -0.2) is 0 Å². The van der Waals surface area contributed by atoms with E-state index in [4.69, 9.17) is 0 Å². The first-order valence-electron chi connectivity index (χ1n) is 9.55. The number of nitrogens with one attached hydrogen (secondary N) is 1. The molecule has 1 aromatic heterocycles. The summed E-state index contributed by atoms with van der Waals surface area (Å²) in [5.41, 5.74) is 1.03. The molecule has 0 spiro atoms. The zero-order valence-electron chi connectivity index (χ0n) is 14.6. The first kappa shape index (κ1) is 16.3. The highest BCUT2D eigenvalue weighted by Crippen LogP contribution is 2.44. The molecule has 0 radical (unpaired) electrons. The second-order valence-corrected chi connectivity index (χ2v) is 7.42. The average molecular weight is 338 g/mol. The molecule has 5 heteroatoms. The fourth-order valence-electron chi connectivity index (χ4n) is 4.20. The summed E-state index contributed by atoms with van der Waals surface area (Å²) in [5.74, 6) is 2.56. The molecule has 2 atom stereocenters. The summed E-state index contributed by atoms with van der Waals surface area (Å²) >= 11 is 0. The number of rotatable bonds is 6. The van der Waals surface area contributed by atoms with Gasteiger partial charge in [-0.3, -0.25) is 9.36 Å². The molecule has 4 rings (SSSR count). The molecule has 0 saturated heterocycles. The molecule has 0 unspecified atom stereocenters. The summed E-state index contributed by atoms with van der Waals surface area (Å²) in [5, 5.41) is 11.4. The van der Waals surface area contributed by atoms with E-state index in [2.05, 4.69) is 15.5 Å². The van der Waals surface area contributed by atoms with Gasteiger partial charge in [-0.05, 0) is 30.4 Å². The van der Waals surface area contributed by atoms with Gasteiger partial charge in [-0.2, -0.15) is 0 Å². The number of para-hydroxylation sites is 1. The van der Waals surface area contributed by atoms with E-state index < -0.39 is 0 Å². The van der Waals surface area contributed by atoms with Gasteiger partial charge in [-0.1, -0.05) is 50.3 Å². The molecule has 25 heavy (non-hydrogen) atoms. The molecule has 5 nitrogen and oxygen atoms in total. The molecule has 2 aromatic rings. The third kappa shape index (κ3) is 3.91. The molecule has 0 bridgehead atoms. The van der Waals surface area contributed by atoms with Gasteiger partial charge >= 0.3 is 0 Å². The van der Waals surface area contributed by atoms with Crippen molar-refractivity contribution in [1.82, 2.24) is 20.1 Å². The molecular weight excluding hydrogens is 312 g/mol. The Kier molecular flexibility index (Phi) is 4.81. The lowest BCUT2D eigenvalue weighted by molar-refractivity contribution is -0.121. The lowest BCUT2D eigenvalue weighted by atomic mass is 9.85. The van der Waals surface area contributed by atoms with Crippen LogP contribution >= 0.6 is 0 Å².